The number of rotatable bonds is 6. The SMILES string of the molecule is CCn1c(SCC(=O)N(C)Cc2ccccc2)nc2sc3c(c2c1=O)CCC(C)C3. The molecule has 1 amide bonds. The maximum Gasteiger partial charge on any atom is 0.263 e. The lowest BCUT2D eigenvalue weighted by molar-refractivity contribution is -0.127. The van der Waals surface area contributed by atoms with Gasteiger partial charge in [0.2, 0.25) is 5.91 Å². The van der Waals surface area contributed by atoms with Crippen molar-refractivity contribution in [3.63, 3.8) is 0 Å². The van der Waals surface area contributed by atoms with Gasteiger partial charge in [0.15, 0.2) is 5.16 Å². The number of fused-ring (bicyclic) bond motifs is 3. The van der Waals surface area contributed by atoms with Crippen LogP contribution >= 0.6 is 23.1 Å². The summed E-state index contributed by atoms with van der Waals surface area (Å²) in [5.41, 5.74) is 2.35. The van der Waals surface area contributed by atoms with Gasteiger partial charge in [0.05, 0.1) is 11.1 Å². The minimum absolute atomic E-state index is 0.0279. The normalized spacial score (nSPS) is 15.9. The number of hydrogen-bond acceptors (Lipinski definition) is 5. The Labute approximate surface area is 185 Å². The van der Waals surface area contributed by atoms with Crippen LogP contribution in [0.1, 0.15) is 36.3 Å². The molecule has 0 fully saturated rings. The Kier molecular flexibility index (Phi) is 6.29. The van der Waals surface area contributed by atoms with E-state index < -0.39 is 0 Å². The minimum Gasteiger partial charge on any atom is -0.341 e. The van der Waals surface area contributed by atoms with Gasteiger partial charge in [-0.2, -0.15) is 0 Å². The van der Waals surface area contributed by atoms with Crippen molar-refractivity contribution in [3.8, 4) is 0 Å². The van der Waals surface area contributed by atoms with Crippen molar-refractivity contribution in [2.24, 2.45) is 5.92 Å². The molecule has 4 rings (SSSR count). The first-order valence-electron chi connectivity index (χ1n) is 10.4. The van der Waals surface area contributed by atoms with Crippen molar-refractivity contribution in [3.05, 3.63) is 56.7 Å². The lowest BCUT2D eigenvalue weighted by Gasteiger charge is -2.18. The molecule has 30 heavy (non-hydrogen) atoms. The molecule has 2 aromatic heterocycles. The van der Waals surface area contributed by atoms with Gasteiger partial charge < -0.3 is 4.90 Å². The third kappa shape index (κ3) is 4.18. The largest absolute Gasteiger partial charge is 0.341 e. The molecule has 3 aromatic rings. The summed E-state index contributed by atoms with van der Waals surface area (Å²) in [4.78, 5) is 34.6. The van der Waals surface area contributed by atoms with E-state index in [2.05, 4.69) is 6.92 Å². The van der Waals surface area contributed by atoms with E-state index in [4.69, 9.17) is 4.98 Å². The molecule has 1 unspecified atom stereocenters. The molecule has 7 heteroatoms. The highest BCUT2D eigenvalue weighted by atomic mass is 32.2. The molecule has 0 aliphatic heterocycles. The maximum atomic E-state index is 13.2. The number of benzene rings is 1. The second kappa shape index (κ2) is 8.94. The fourth-order valence-electron chi connectivity index (χ4n) is 3.98. The Morgan fingerprint density at radius 1 is 1.33 bits per heavy atom. The predicted octanol–water partition coefficient (Wildman–Crippen LogP) is 4.35. The lowest BCUT2D eigenvalue weighted by atomic mass is 9.89. The van der Waals surface area contributed by atoms with Crippen LogP contribution in [0.2, 0.25) is 0 Å². The number of aryl methyl sites for hydroxylation is 1. The summed E-state index contributed by atoms with van der Waals surface area (Å²) in [5.74, 6) is 0.953. The molecule has 2 heterocycles. The van der Waals surface area contributed by atoms with E-state index in [-0.39, 0.29) is 17.2 Å². The van der Waals surface area contributed by atoms with Crippen LogP contribution in [0.4, 0.5) is 0 Å². The molecule has 0 N–H and O–H groups in total. The Hall–Kier alpha value is -2.12. The lowest BCUT2D eigenvalue weighted by Crippen LogP contribution is -2.28. The molecular formula is C23H27N3O2S2. The van der Waals surface area contributed by atoms with Crippen LogP contribution in [-0.2, 0) is 30.7 Å². The Morgan fingerprint density at radius 2 is 2.10 bits per heavy atom. The molecule has 0 radical (unpaired) electrons. The summed E-state index contributed by atoms with van der Waals surface area (Å²) in [6.45, 7) is 5.36. The van der Waals surface area contributed by atoms with E-state index >= 15 is 0 Å². The van der Waals surface area contributed by atoms with Gasteiger partial charge in [0, 0.05) is 25.0 Å². The highest BCUT2D eigenvalue weighted by molar-refractivity contribution is 7.99. The van der Waals surface area contributed by atoms with Crippen LogP contribution in [0.3, 0.4) is 0 Å². The fraction of sp³-hybridized carbons (Fsp3) is 0.435. The number of hydrogen-bond donors (Lipinski definition) is 0. The van der Waals surface area contributed by atoms with Crippen molar-refractivity contribution < 1.29 is 4.79 Å². The average Bonchev–Trinajstić information content (AvgIpc) is 3.10. The first-order valence-corrected chi connectivity index (χ1v) is 12.2. The first-order chi connectivity index (χ1) is 14.5. The fourth-order valence-corrected chi connectivity index (χ4v) is 6.40. The van der Waals surface area contributed by atoms with E-state index in [0.717, 1.165) is 35.0 Å². The van der Waals surface area contributed by atoms with Crippen molar-refractivity contribution in [1.29, 1.82) is 0 Å². The molecular weight excluding hydrogens is 414 g/mol. The molecule has 0 spiro atoms. The van der Waals surface area contributed by atoms with Gasteiger partial charge in [0.25, 0.3) is 5.56 Å². The molecule has 5 nitrogen and oxygen atoms in total. The van der Waals surface area contributed by atoms with Crippen molar-refractivity contribution in [2.75, 3.05) is 12.8 Å². The van der Waals surface area contributed by atoms with Crippen LogP contribution in [0.25, 0.3) is 10.2 Å². The molecule has 1 atom stereocenters. The molecule has 1 aliphatic rings. The molecule has 158 valence electrons. The second-order valence-electron chi connectivity index (χ2n) is 8.00. The second-order valence-corrected chi connectivity index (χ2v) is 10.0. The van der Waals surface area contributed by atoms with Crippen molar-refractivity contribution >= 4 is 39.2 Å². The Morgan fingerprint density at radius 3 is 2.83 bits per heavy atom. The third-order valence-corrected chi connectivity index (χ3v) is 7.82. The summed E-state index contributed by atoms with van der Waals surface area (Å²) < 4.78 is 1.72. The highest BCUT2D eigenvalue weighted by Crippen LogP contribution is 2.36. The van der Waals surface area contributed by atoms with Crippen LogP contribution < -0.4 is 5.56 Å². The number of nitrogens with zero attached hydrogens (tertiary/aromatic N) is 3. The smallest absolute Gasteiger partial charge is 0.263 e. The maximum absolute atomic E-state index is 13.2. The van der Waals surface area contributed by atoms with E-state index in [1.54, 1.807) is 20.8 Å². The van der Waals surface area contributed by atoms with E-state index in [0.29, 0.717) is 24.2 Å². The first kappa shape index (κ1) is 21.1. The van der Waals surface area contributed by atoms with Gasteiger partial charge >= 0.3 is 0 Å². The topological polar surface area (TPSA) is 55.2 Å². The number of carbonyl (C=O) groups excluding carboxylic acids is 1. The number of amides is 1. The summed E-state index contributed by atoms with van der Waals surface area (Å²) in [5, 5.41) is 1.45. The van der Waals surface area contributed by atoms with Crippen LogP contribution in [0.15, 0.2) is 40.3 Å². The molecule has 0 saturated heterocycles. The quantitative estimate of drug-likeness (QED) is 0.421. The number of carbonyl (C=O) groups is 1. The van der Waals surface area contributed by atoms with Gasteiger partial charge in [-0.25, -0.2) is 4.98 Å². The molecule has 1 aromatic carbocycles. The third-order valence-electron chi connectivity index (χ3n) is 5.71. The van der Waals surface area contributed by atoms with E-state index in [1.807, 2.05) is 44.3 Å². The van der Waals surface area contributed by atoms with Crippen molar-refractivity contribution in [2.45, 2.75) is 51.4 Å². The number of aromatic nitrogens is 2. The van der Waals surface area contributed by atoms with Gasteiger partial charge in [0.1, 0.15) is 4.83 Å². The summed E-state index contributed by atoms with van der Waals surface area (Å²) in [7, 11) is 1.81. The summed E-state index contributed by atoms with van der Waals surface area (Å²) in [6, 6.07) is 9.95. The monoisotopic (exact) mass is 441 g/mol. The summed E-state index contributed by atoms with van der Waals surface area (Å²) in [6.07, 6.45) is 3.13. The van der Waals surface area contributed by atoms with Gasteiger partial charge in [-0.1, -0.05) is 49.0 Å². The zero-order valence-electron chi connectivity index (χ0n) is 17.7. The number of thioether (sulfide) groups is 1. The van der Waals surface area contributed by atoms with E-state index in [9.17, 15) is 9.59 Å². The van der Waals surface area contributed by atoms with Crippen LogP contribution in [-0.4, -0.2) is 33.2 Å². The number of thiophene rings is 1. The molecule has 0 saturated carbocycles. The molecule has 0 bridgehead atoms. The zero-order valence-corrected chi connectivity index (χ0v) is 19.3. The predicted molar refractivity (Wildman–Crippen MR) is 124 cm³/mol. The van der Waals surface area contributed by atoms with Gasteiger partial charge in [-0.05, 0) is 43.2 Å². The Balaban J connectivity index is 1.55. The minimum atomic E-state index is 0.0279. The van der Waals surface area contributed by atoms with Gasteiger partial charge in [-0.15, -0.1) is 11.3 Å². The highest BCUT2D eigenvalue weighted by Gasteiger charge is 2.24. The van der Waals surface area contributed by atoms with Crippen LogP contribution in [0.5, 0.6) is 0 Å². The van der Waals surface area contributed by atoms with Crippen LogP contribution in [0, 0.1) is 5.92 Å². The zero-order chi connectivity index (χ0) is 21.3. The van der Waals surface area contributed by atoms with E-state index in [1.165, 1.54) is 22.2 Å². The average molecular weight is 442 g/mol. The Bertz CT molecular complexity index is 1120. The standard InChI is InChI=1S/C23H27N3O2S2/c1-4-26-22(28)20-17-11-10-15(2)12-18(17)30-21(20)24-23(26)29-14-19(27)25(3)13-16-8-6-5-7-9-16/h5-9,15H,4,10-14H2,1-3H3. The van der Waals surface area contributed by atoms with Gasteiger partial charge in [-0.3, -0.25) is 14.2 Å². The summed E-state index contributed by atoms with van der Waals surface area (Å²) >= 11 is 3.02. The molecule has 1 aliphatic carbocycles. The van der Waals surface area contributed by atoms with Crippen molar-refractivity contribution in [1.82, 2.24) is 14.5 Å².